The fraction of sp³-hybridized carbons (Fsp3) is 0.636. The van der Waals surface area contributed by atoms with Crippen molar-refractivity contribution in [1.82, 2.24) is 28.8 Å². The smallest absolute Gasteiger partial charge is 0.303 e. The van der Waals surface area contributed by atoms with E-state index < -0.39 is 39.7 Å². The molecule has 2 N–H and O–H groups in total. The Kier molecular flexibility index (Phi) is 9.84. The number of aromatic nitrogens is 2. The Labute approximate surface area is 272 Å². The van der Waals surface area contributed by atoms with Crippen molar-refractivity contribution >= 4 is 39.0 Å². The lowest BCUT2D eigenvalue weighted by Crippen LogP contribution is -2.57. The molecule has 0 unspecified atom stereocenters. The van der Waals surface area contributed by atoms with E-state index in [0.29, 0.717) is 12.4 Å². The summed E-state index contributed by atoms with van der Waals surface area (Å²) < 4.78 is 36.7. The van der Waals surface area contributed by atoms with Crippen LogP contribution in [-0.2, 0) is 31.0 Å². The first kappa shape index (κ1) is 33.9. The average molecular weight is 657 g/mol. The average Bonchev–Trinajstić information content (AvgIpc) is 3.33. The van der Waals surface area contributed by atoms with Crippen LogP contribution < -0.4 is 14.8 Å². The van der Waals surface area contributed by atoms with Gasteiger partial charge in [0.2, 0.25) is 11.8 Å². The molecule has 3 amide bonds. The molecule has 2 aliphatic heterocycles. The van der Waals surface area contributed by atoms with Gasteiger partial charge in [0, 0.05) is 38.4 Å². The van der Waals surface area contributed by atoms with Crippen molar-refractivity contribution in [3.8, 4) is 6.01 Å². The summed E-state index contributed by atoms with van der Waals surface area (Å²) in [5.41, 5.74) is 1.51. The van der Waals surface area contributed by atoms with Crippen LogP contribution >= 0.6 is 0 Å². The molecule has 1 saturated heterocycles. The van der Waals surface area contributed by atoms with E-state index in [1.807, 2.05) is 35.8 Å². The van der Waals surface area contributed by atoms with Crippen LogP contribution in [0.25, 0.3) is 11.0 Å². The standard InChI is InChI=1S/C33H48N6O6S/c1-7-23-15-13-17-26-28(23)34-32(39(26)21(2)3)45-25-18-27-29(40)35-33(31(42)36-46(43,44)37(5)6)19-24(33)16-12-10-8-9-11-14-22(4)30(41)38(27)20-25/h12-13,15-17,21-22,24-25,27H,7-11,14,18-20H2,1-6H3,(H,35,40)(H,36,42)/b16-12-/t22-,24-,25+,27-,33+/m0/s1. The SMILES string of the molecule is CCc1cccc2c1nc(O[C@@H]1C[C@H]3C(=O)N[C@]4(C(=O)NS(=O)(=O)N(C)C)C[C@@H]4/C=C\CCCCC[C@H](C)C(=O)N3C1)n2C(C)C. The molecule has 1 saturated carbocycles. The topological polar surface area (TPSA) is 143 Å². The van der Waals surface area contributed by atoms with Gasteiger partial charge in [0.15, 0.2) is 0 Å². The molecule has 0 bridgehead atoms. The number of ether oxygens (including phenoxy) is 1. The minimum absolute atomic E-state index is 0.0561. The summed E-state index contributed by atoms with van der Waals surface area (Å²) in [6.45, 7) is 8.30. The first-order valence-electron chi connectivity index (χ1n) is 16.5. The van der Waals surface area contributed by atoms with Crippen molar-refractivity contribution in [3.63, 3.8) is 0 Å². The number of carbonyl (C=O) groups is 3. The summed E-state index contributed by atoms with van der Waals surface area (Å²) in [4.78, 5) is 47.9. The van der Waals surface area contributed by atoms with E-state index in [4.69, 9.17) is 9.72 Å². The number of aryl methyl sites for hydroxylation is 1. The third kappa shape index (κ3) is 6.67. The van der Waals surface area contributed by atoms with E-state index in [0.717, 1.165) is 53.0 Å². The predicted molar refractivity (Wildman–Crippen MR) is 175 cm³/mol. The number of fused-ring (bicyclic) bond motifs is 3. The third-order valence-electron chi connectivity index (χ3n) is 9.56. The molecule has 3 aliphatic rings. The lowest BCUT2D eigenvalue weighted by atomic mass is 10.0. The highest BCUT2D eigenvalue weighted by Gasteiger charge is 2.61. The first-order valence-corrected chi connectivity index (χ1v) is 17.9. The molecular formula is C33H48N6O6S. The second-order valence-electron chi connectivity index (χ2n) is 13.4. The summed E-state index contributed by atoms with van der Waals surface area (Å²) >= 11 is 0. The van der Waals surface area contributed by atoms with Gasteiger partial charge in [-0.15, -0.1) is 0 Å². The van der Waals surface area contributed by atoms with E-state index in [9.17, 15) is 22.8 Å². The second kappa shape index (κ2) is 13.3. The molecular weight excluding hydrogens is 608 g/mol. The monoisotopic (exact) mass is 656 g/mol. The predicted octanol–water partition coefficient (Wildman–Crippen LogP) is 3.48. The molecule has 12 nitrogen and oxygen atoms in total. The highest BCUT2D eigenvalue weighted by Crippen LogP contribution is 2.46. The maximum Gasteiger partial charge on any atom is 0.303 e. The van der Waals surface area contributed by atoms with Crippen LogP contribution in [0.3, 0.4) is 0 Å². The van der Waals surface area contributed by atoms with Gasteiger partial charge in [-0.05, 0) is 57.6 Å². The second-order valence-corrected chi connectivity index (χ2v) is 15.3. The summed E-state index contributed by atoms with van der Waals surface area (Å²) in [7, 11) is -1.43. The van der Waals surface area contributed by atoms with Gasteiger partial charge in [-0.1, -0.05) is 51.0 Å². The van der Waals surface area contributed by atoms with E-state index in [1.165, 1.54) is 14.1 Å². The fourth-order valence-electron chi connectivity index (χ4n) is 6.69. The Morgan fingerprint density at radius 1 is 1.22 bits per heavy atom. The maximum atomic E-state index is 14.1. The number of amides is 3. The molecule has 0 radical (unpaired) electrons. The van der Waals surface area contributed by atoms with Gasteiger partial charge in [0.25, 0.3) is 11.9 Å². The van der Waals surface area contributed by atoms with E-state index >= 15 is 0 Å². The number of para-hydroxylation sites is 1. The molecule has 2 aromatic rings. The zero-order valence-corrected chi connectivity index (χ0v) is 28.6. The quantitative estimate of drug-likeness (QED) is 0.435. The zero-order chi connectivity index (χ0) is 33.4. The Morgan fingerprint density at radius 2 is 1.98 bits per heavy atom. The van der Waals surface area contributed by atoms with Gasteiger partial charge in [0.05, 0.1) is 17.6 Å². The highest BCUT2D eigenvalue weighted by molar-refractivity contribution is 7.87. The normalized spacial score (nSPS) is 28.3. The van der Waals surface area contributed by atoms with Gasteiger partial charge in [-0.25, -0.2) is 4.72 Å². The van der Waals surface area contributed by atoms with Gasteiger partial charge < -0.3 is 15.0 Å². The minimum Gasteiger partial charge on any atom is -0.459 e. The Balaban J connectivity index is 1.46. The highest BCUT2D eigenvalue weighted by atomic mass is 32.2. The van der Waals surface area contributed by atoms with E-state index in [2.05, 4.69) is 36.9 Å². The molecule has 1 aromatic carbocycles. The lowest BCUT2D eigenvalue weighted by molar-refractivity contribution is -0.142. The van der Waals surface area contributed by atoms with Crippen LogP contribution in [-0.4, -0.2) is 83.2 Å². The van der Waals surface area contributed by atoms with Crippen molar-refractivity contribution in [2.24, 2.45) is 11.8 Å². The molecule has 3 heterocycles. The number of nitrogens with zero attached hydrogens (tertiary/aromatic N) is 4. The Hall–Kier alpha value is -3.45. The summed E-state index contributed by atoms with van der Waals surface area (Å²) in [5, 5.41) is 2.90. The molecule has 13 heteroatoms. The summed E-state index contributed by atoms with van der Waals surface area (Å²) in [5.74, 6) is -2.08. The van der Waals surface area contributed by atoms with Crippen LogP contribution in [0.15, 0.2) is 30.4 Å². The molecule has 0 spiro atoms. The van der Waals surface area contributed by atoms with Gasteiger partial charge >= 0.3 is 10.2 Å². The lowest BCUT2D eigenvalue weighted by Gasteiger charge is -2.28. The third-order valence-corrected chi connectivity index (χ3v) is 11.0. The van der Waals surface area contributed by atoms with E-state index in [1.54, 1.807) is 4.90 Å². The number of rotatable bonds is 7. The van der Waals surface area contributed by atoms with Crippen molar-refractivity contribution in [2.75, 3.05) is 20.6 Å². The fourth-order valence-corrected chi connectivity index (χ4v) is 7.29. The van der Waals surface area contributed by atoms with Crippen molar-refractivity contribution in [2.45, 2.75) is 103 Å². The van der Waals surface area contributed by atoms with E-state index in [-0.39, 0.29) is 43.2 Å². The van der Waals surface area contributed by atoms with Gasteiger partial charge in [-0.2, -0.15) is 17.7 Å². The molecule has 1 aliphatic carbocycles. The van der Waals surface area contributed by atoms with Crippen molar-refractivity contribution < 1.29 is 27.5 Å². The number of hydrogen-bond acceptors (Lipinski definition) is 7. The van der Waals surface area contributed by atoms with Crippen LogP contribution in [0, 0.1) is 11.8 Å². The number of imidazole rings is 1. The van der Waals surface area contributed by atoms with Crippen LogP contribution in [0.4, 0.5) is 0 Å². The number of allylic oxidation sites excluding steroid dienone is 1. The van der Waals surface area contributed by atoms with Crippen molar-refractivity contribution in [3.05, 3.63) is 35.9 Å². The number of hydrogen-bond donors (Lipinski definition) is 2. The number of carbonyl (C=O) groups excluding carboxylic acids is 3. The summed E-state index contributed by atoms with van der Waals surface area (Å²) in [6.07, 6.45) is 8.96. The number of benzene rings is 1. The molecule has 2 fully saturated rings. The maximum absolute atomic E-state index is 14.1. The Bertz CT molecular complexity index is 1620. The minimum atomic E-state index is -4.08. The molecule has 5 atom stereocenters. The first-order chi connectivity index (χ1) is 21.8. The molecule has 1 aromatic heterocycles. The zero-order valence-electron chi connectivity index (χ0n) is 27.8. The van der Waals surface area contributed by atoms with Gasteiger partial charge in [-0.3, -0.25) is 19.0 Å². The van der Waals surface area contributed by atoms with Crippen LogP contribution in [0.1, 0.15) is 84.2 Å². The van der Waals surface area contributed by atoms with Gasteiger partial charge in [0.1, 0.15) is 17.7 Å². The number of nitrogens with one attached hydrogen (secondary N) is 2. The van der Waals surface area contributed by atoms with Crippen molar-refractivity contribution in [1.29, 1.82) is 0 Å². The molecule has 252 valence electrons. The molecule has 5 rings (SSSR count). The van der Waals surface area contributed by atoms with Crippen LogP contribution in [0.2, 0.25) is 0 Å². The molecule has 46 heavy (non-hydrogen) atoms. The Morgan fingerprint density at radius 3 is 2.67 bits per heavy atom. The van der Waals surface area contributed by atoms with Crippen LogP contribution in [0.5, 0.6) is 6.01 Å². The largest absolute Gasteiger partial charge is 0.459 e. The summed E-state index contributed by atoms with van der Waals surface area (Å²) in [6, 6.07) is 5.69.